The van der Waals surface area contributed by atoms with Gasteiger partial charge in [-0.3, -0.25) is 4.79 Å². The SMILES string of the molecule is C=CCCCN(C)C(=O)C(N)CCS(C)(=O)=O. The molecule has 0 aliphatic rings. The second-order valence-electron chi connectivity index (χ2n) is 4.22. The smallest absolute Gasteiger partial charge is 0.239 e. The predicted octanol–water partition coefficient (Wildman–Crippen LogP) is 0.173. The van der Waals surface area contributed by atoms with Crippen molar-refractivity contribution < 1.29 is 13.2 Å². The molecule has 5 nitrogen and oxygen atoms in total. The number of nitrogens with zero attached hydrogens (tertiary/aromatic N) is 1. The lowest BCUT2D eigenvalue weighted by Crippen LogP contribution is -2.43. The van der Waals surface area contributed by atoms with E-state index in [0.29, 0.717) is 6.54 Å². The number of nitrogens with two attached hydrogens (primary N) is 1. The minimum atomic E-state index is -3.06. The Morgan fingerprint density at radius 1 is 1.53 bits per heavy atom. The van der Waals surface area contributed by atoms with Gasteiger partial charge < -0.3 is 10.6 Å². The van der Waals surface area contributed by atoms with Gasteiger partial charge >= 0.3 is 0 Å². The van der Waals surface area contributed by atoms with E-state index >= 15 is 0 Å². The Bertz CT molecular complexity index is 352. The van der Waals surface area contributed by atoms with Crippen LogP contribution in [-0.4, -0.2) is 50.9 Å². The largest absolute Gasteiger partial charge is 0.344 e. The fraction of sp³-hybridized carbons (Fsp3) is 0.727. The highest BCUT2D eigenvalue weighted by Gasteiger charge is 2.19. The van der Waals surface area contributed by atoms with Crippen LogP contribution in [0.1, 0.15) is 19.3 Å². The summed E-state index contributed by atoms with van der Waals surface area (Å²) in [5.41, 5.74) is 5.65. The summed E-state index contributed by atoms with van der Waals surface area (Å²) in [5.74, 6) is -0.266. The van der Waals surface area contributed by atoms with Crippen molar-refractivity contribution in [3.05, 3.63) is 12.7 Å². The van der Waals surface area contributed by atoms with Gasteiger partial charge in [0, 0.05) is 19.8 Å². The molecule has 1 amide bonds. The monoisotopic (exact) mass is 262 g/mol. The van der Waals surface area contributed by atoms with Crippen LogP contribution < -0.4 is 5.73 Å². The van der Waals surface area contributed by atoms with Crippen LogP contribution in [-0.2, 0) is 14.6 Å². The lowest BCUT2D eigenvalue weighted by molar-refractivity contribution is -0.131. The fourth-order valence-electron chi connectivity index (χ4n) is 1.33. The normalized spacial score (nSPS) is 13.1. The van der Waals surface area contributed by atoms with Gasteiger partial charge in [-0.25, -0.2) is 8.42 Å². The first kappa shape index (κ1) is 16.1. The van der Waals surface area contributed by atoms with Gasteiger partial charge in [-0.2, -0.15) is 0 Å². The summed E-state index contributed by atoms with van der Waals surface area (Å²) in [7, 11) is -1.39. The average Bonchev–Trinajstić information content (AvgIpc) is 2.24. The van der Waals surface area contributed by atoms with E-state index in [9.17, 15) is 13.2 Å². The molecule has 6 heteroatoms. The number of hydrogen-bond donors (Lipinski definition) is 1. The van der Waals surface area contributed by atoms with Gasteiger partial charge in [0.1, 0.15) is 9.84 Å². The Morgan fingerprint density at radius 2 is 2.12 bits per heavy atom. The van der Waals surface area contributed by atoms with Crippen molar-refractivity contribution in [1.29, 1.82) is 0 Å². The van der Waals surface area contributed by atoms with Crippen LogP contribution >= 0.6 is 0 Å². The maximum Gasteiger partial charge on any atom is 0.239 e. The molecule has 0 fully saturated rings. The van der Waals surface area contributed by atoms with Crippen molar-refractivity contribution in [3.63, 3.8) is 0 Å². The number of likely N-dealkylation sites (N-methyl/N-ethyl adjacent to an activating group) is 1. The van der Waals surface area contributed by atoms with Gasteiger partial charge in [-0.15, -0.1) is 6.58 Å². The van der Waals surface area contributed by atoms with Gasteiger partial charge in [0.25, 0.3) is 0 Å². The summed E-state index contributed by atoms with van der Waals surface area (Å²) in [6, 6.07) is -0.738. The lowest BCUT2D eigenvalue weighted by Gasteiger charge is -2.20. The number of hydrogen-bond acceptors (Lipinski definition) is 4. The molecule has 0 bridgehead atoms. The van der Waals surface area contributed by atoms with Gasteiger partial charge in [-0.05, 0) is 19.3 Å². The third-order valence-corrected chi connectivity index (χ3v) is 3.37. The molecule has 0 aliphatic carbocycles. The quantitative estimate of drug-likeness (QED) is 0.499. The highest BCUT2D eigenvalue weighted by molar-refractivity contribution is 7.90. The Labute approximate surface area is 104 Å². The minimum absolute atomic E-state index is 0.0552. The van der Waals surface area contributed by atoms with Crippen molar-refractivity contribution in [1.82, 2.24) is 4.90 Å². The number of carbonyl (C=O) groups is 1. The number of rotatable bonds is 8. The molecular formula is C11H22N2O3S. The summed E-state index contributed by atoms with van der Waals surface area (Å²) >= 11 is 0. The molecule has 0 saturated heterocycles. The van der Waals surface area contributed by atoms with E-state index in [-0.39, 0.29) is 18.1 Å². The van der Waals surface area contributed by atoms with Crippen LogP contribution in [0.25, 0.3) is 0 Å². The molecule has 17 heavy (non-hydrogen) atoms. The summed E-state index contributed by atoms with van der Waals surface area (Å²) in [6.07, 6.45) is 4.78. The first-order valence-corrected chi connectivity index (χ1v) is 7.63. The lowest BCUT2D eigenvalue weighted by atomic mass is 10.2. The summed E-state index contributed by atoms with van der Waals surface area (Å²) in [6.45, 7) is 4.21. The molecule has 1 atom stereocenters. The molecule has 0 radical (unpaired) electrons. The van der Waals surface area contributed by atoms with E-state index in [1.54, 1.807) is 13.1 Å². The van der Waals surface area contributed by atoms with E-state index < -0.39 is 15.9 Å². The third-order valence-electron chi connectivity index (χ3n) is 2.39. The van der Waals surface area contributed by atoms with Gasteiger partial charge in [0.2, 0.25) is 5.91 Å². The molecule has 0 aromatic carbocycles. The second kappa shape index (κ2) is 7.45. The zero-order valence-electron chi connectivity index (χ0n) is 10.6. The molecule has 0 rings (SSSR count). The van der Waals surface area contributed by atoms with E-state index in [1.165, 1.54) is 4.90 Å². The topological polar surface area (TPSA) is 80.5 Å². The Kier molecular flexibility index (Phi) is 7.06. The maximum atomic E-state index is 11.7. The van der Waals surface area contributed by atoms with E-state index in [4.69, 9.17) is 5.73 Å². The summed E-state index contributed by atoms with van der Waals surface area (Å²) < 4.78 is 21.9. The van der Waals surface area contributed by atoms with Crippen LogP contribution in [0.15, 0.2) is 12.7 Å². The van der Waals surface area contributed by atoms with E-state index in [2.05, 4.69) is 6.58 Å². The first-order valence-electron chi connectivity index (χ1n) is 5.57. The van der Waals surface area contributed by atoms with Crippen molar-refractivity contribution in [2.75, 3.05) is 25.6 Å². The molecule has 100 valence electrons. The Balaban J connectivity index is 4.06. The van der Waals surface area contributed by atoms with E-state index in [0.717, 1.165) is 19.1 Å². The Hall–Kier alpha value is -0.880. The van der Waals surface area contributed by atoms with Gasteiger partial charge in [0.05, 0.1) is 11.8 Å². The first-order chi connectivity index (χ1) is 7.78. The van der Waals surface area contributed by atoms with Crippen molar-refractivity contribution >= 4 is 15.7 Å². The van der Waals surface area contributed by atoms with Crippen LogP contribution in [0, 0.1) is 0 Å². The molecule has 0 heterocycles. The Morgan fingerprint density at radius 3 is 2.59 bits per heavy atom. The van der Waals surface area contributed by atoms with Crippen molar-refractivity contribution in [2.24, 2.45) is 5.73 Å². The number of unbranched alkanes of at least 4 members (excludes halogenated alkanes) is 1. The fourth-order valence-corrected chi connectivity index (χ4v) is 2.01. The minimum Gasteiger partial charge on any atom is -0.344 e. The molecule has 0 aromatic rings. The molecule has 0 saturated carbocycles. The number of amides is 1. The number of carbonyl (C=O) groups excluding carboxylic acids is 1. The second-order valence-corrected chi connectivity index (χ2v) is 6.48. The van der Waals surface area contributed by atoms with Crippen molar-refractivity contribution in [2.45, 2.75) is 25.3 Å². The third kappa shape index (κ3) is 7.93. The highest BCUT2D eigenvalue weighted by Crippen LogP contribution is 2.00. The van der Waals surface area contributed by atoms with Crippen LogP contribution in [0.3, 0.4) is 0 Å². The molecule has 0 spiro atoms. The van der Waals surface area contributed by atoms with Crippen molar-refractivity contribution in [3.8, 4) is 0 Å². The van der Waals surface area contributed by atoms with Crippen LogP contribution in [0.5, 0.6) is 0 Å². The summed E-state index contributed by atoms with van der Waals surface area (Å²) in [5, 5.41) is 0. The molecule has 2 N–H and O–H groups in total. The van der Waals surface area contributed by atoms with Gasteiger partial charge in [0.15, 0.2) is 0 Å². The zero-order chi connectivity index (χ0) is 13.5. The van der Waals surface area contributed by atoms with E-state index in [1.807, 2.05) is 0 Å². The number of sulfone groups is 1. The van der Waals surface area contributed by atoms with Gasteiger partial charge in [-0.1, -0.05) is 6.08 Å². The molecule has 1 unspecified atom stereocenters. The van der Waals surface area contributed by atoms with Crippen LogP contribution in [0.4, 0.5) is 0 Å². The predicted molar refractivity (Wildman–Crippen MR) is 69.4 cm³/mol. The standard InChI is InChI=1S/C11H22N2O3S/c1-4-5-6-8-13(2)11(14)10(12)7-9-17(3,15)16/h4,10H,1,5-9,12H2,2-3H3. The average molecular weight is 262 g/mol. The number of allylic oxidation sites excluding steroid dienone is 1. The molecule has 0 aliphatic heterocycles. The molecular weight excluding hydrogens is 240 g/mol. The zero-order valence-corrected chi connectivity index (χ0v) is 11.4. The highest BCUT2D eigenvalue weighted by atomic mass is 32.2. The maximum absolute atomic E-state index is 11.7. The van der Waals surface area contributed by atoms with Crippen LogP contribution in [0.2, 0.25) is 0 Å². The summed E-state index contributed by atoms with van der Waals surface area (Å²) in [4.78, 5) is 13.3. The molecule has 0 aromatic heterocycles.